The first-order valence-electron chi connectivity index (χ1n) is 5.25. The van der Waals surface area contributed by atoms with Gasteiger partial charge in [0.2, 0.25) is 0 Å². The van der Waals surface area contributed by atoms with E-state index in [1.54, 1.807) is 12.1 Å². The number of amides is 1. The zero-order chi connectivity index (χ0) is 13.8. The lowest BCUT2D eigenvalue weighted by Crippen LogP contribution is -2.14. The zero-order valence-electron chi connectivity index (χ0n) is 9.68. The minimum absolute atomic E-state index is 0.0952. The van der Waals surface area contributed by atoms with Crippen LogP contribution in [0.15, 0.2) is 30.9 Å². The number of carbonyl (C=O) groups excluding carboxylic acids is 1. The van der Waals surface area contributed by atoms with Crippen LogP contribution in [0.2, 0.25) is 10.0 Å². The Labute approximate surface area is 119 Å². The van der Waals surface area contributed by atoms with Gasteiger partial charge in [0.25, 0.3) is 11.9 Å². The molecule has 1 amide bonds. The molecule has 0 aliphatic carbocycles. The van der Waals surface area contributed by atoms with Crippen LogP contribution in [0.1, 0.15) is 10.4 Å². The lowest BCUT2D eigenvalue weighted by atomic mass is 10.2. The molecule has 0 aliphatic heterocycles. The van der Waals surface area contributed by atoms with E-state index in [1.807, 2.05) is 0 Å². The van der Waals surface area contributed by atoms with Crippen molar-refractivity contribution in [2.24, 2.45) is 0 Å². The number of hydrogen-bond donors (Lipinski definition) is 1. The van der Waals surface area contributed by atoms with Crippen LogP contribution in [0.3, 0.4) is 0 Å². The quantitative estimate of drug-likeness (QED) is 0.880. The summed E-state index contributed by atoms with van der Waals surface area (Å²) >= 11 is 11.7. The molecule has 0 saturated heterocycles. The highest BCUT2D eigenvalue weighted by Crippen LogP contribution is 2.21. The Morgan fingerprint density at radius 1 is 1.47 bits per heavy atom. The number of benzene rings is 1. The molecule has 0 saturated carbocycles. The topological polar surface area (TPSA) is 72.7 Å². The molecule has 0 bridgehead atoms. The fourth-order valence-corrected chi connectivity index (χ4v) is 1.82. The monoisotopic (exact) mass is 297 g/mol. The van der Waals surface area contributed by atoms with Gasteiger partial charge in [0.1, 0.15) is 0 Å². The van der Waals surface area contributed by atoms with Crippen LogP contribution < -0.4 is 5.32 Å². The molecule has 0 aliphatic rings. The normalized spacial score (nSPS) is 10.2. The van der Waals surface area contributed by atoms with Crippen LogP contribution >= 0.6 is 23.2 Å². The SMILES string of the molecule is C=CCn1nnc(NC(=O)c2ccc(Cl)cc2Cl)n1. The van der Waals surface area contributed by atoms with Crippen molar-refractivity contribution in [1.29, 1.82) is 0 Å². The van der Waals surface area contributed by atoms with Gasteiger partial charge in [-0.3, -0.25) is 10.1 Å². The van der Waals surface area contributed by atoms with Crippen molar-refractivity contribution >= 4 is 35.1 Å². The van der Waals surface area contributed by atoms with Crippen LogP contribution in [0.4, 0.5) is 5.95 Å². The Morgan fingerprint density at radius 3 is 2.95 bits per heavy atom. The molecule has 98 valence electrons. The number of nitrogens with zero attached hydrogens (tertiary/aromatic N) is 4. The molecule has 0 unspecified atom stereocenters. The second-order valence-corrected chi connectivity index (χ2v) is 4.38. The fourth-order valence-electron chi connectivity index (χ4n) is 1.33. The van der Waals surface area contributed by atoms with Crippen LogP contribution in [-0.4, -0.2) is 26.1 Å². The average Bonchev–Trinajstić information content (AvgIpc) is 2.76. The predicted molar refractivity (Wildman–Crippen MR) is 72.4 cm³/mol. The molecule has 0 spiro atoms. The van der Waals surface area contributed by atoms with E-state index in [2.05, 4.69) is 27.3 Å². The summed E-state index contributed by atoms with van der Waals surface area (Å²) in [5.41, 5.74) is 0.283. The number of anilines is 1. The predicted octanol–water partition coefficient (Wildman–Crippen LogP) is 2.42. The summed E-state index contributed by atoms with van der Waals surface area (Å²) in [6.45, 7) is 3.95. The molecule has 6 nitrogen and oxygen atoms in total. The van der Waals surface area contributed by atoms with Gasteiger partial charge in [-0.05, 0) is 23.4 Å². The Hall–Kier alpha value is -1.92. The lowest BCUT2D eigenvalue weighted by Gasteiger charge is -2.03. The number of nitrogens with one attached hydrogen (secondary N) is 1. The van der Waals surface area contributed by atoms with Gasteiger partial charge in [0, 0.05) is 5.02 Å². The van der Waals surface area contributed by atoms with Crippen molar-refractivity contribution < 1.29 is 4.79 Å². The van der Waals surface area contributed by atoms with Crippen molar-refractivity contribution in [2.45, 2.75) is 6.54 Å². The van der Waals surface area contributed by atoms with E-state index in [0.29, 0.717) is 11.6 Å². The number of hydrogen-bond acceptors (Lipinski definition) is 4. The molecule has 1 aromatic carbocycles. The maximum Gasteiger partial charge on any atom is 0.270 e. The third-order valence-electron chi connectivity index (χ3n) is 2.15. The van der Waals surface area contributed by atoms with Gasteiger partial charge in [0.15, 0.2) is 0 Å². The van der Waals surface area contributed by atoms with E-state index in [0.717, 1.165) is 0 Å². The summed E-state index contributed by atoms with van der Waals surface area (Å²) in [6.07, 6.45) is 1.61. The molecular formula is C11H9Cl2N5O. The number of aromatic nitrogens is 4. The molecule has 0 atom stereocenters. The first-order valence-corrected chi connectivity index (χ1v) is 6.01. The van der Waals surface area contributed by atoms with E-state index >= 15 is 0 Å². The van der Waals surface area contributed by atoms with Gasteiger partial charge in [-0.15, -0.1) is 11.7 Å². The minimum atomic E-state index is -0.431. The second-order valence-electron chi connectivity index (χ2n) is 3.53. The summed E-state index contributed by atoms with van der Waals surface area (Å²) in [5.74, 6) is -0.335. The van der Waals surface area contributed by atoms with Crippen LogP contribution in [0.25, 0.3) is 0 Å². The molecular weight excluding hydrogens is 289 g/mol. The fraction of sp³-hybridized carbons (Fsp3) is 0.0909. The first kappa shape index (κ1) is 13.5. The molecule has 19 heavy (non-hydrogen) atoms. The number of allylic oxidation sites excluding steroid dienone is 1. The standard InChI is InChI=1S/C11H9Cl2N5O/c1-2-5-18-16-11(15-17-18)14-10(19)8-4-3-7(12)6-9(8)13/h2-4,6H,1,5H2,(H,14,16,19). The largest absolute Gasteiger partial charge is 0.288 e. The van der Waals surface area contributed by atoms with Gasteiger partial charge < -0.3 is 0 Å². The van der Waals surface area contributed by atoms with E-state index in [1.165, 1.54) is 16.9 Å². The Balaban J connectivity index is 2.13. The van der Waals surface area contributed by atoms with Crippen LogP contribution in [-0.2, 0) is 6.54 Å². The van der Waals surface area contributed by atoms with E-state index in [9.17, 15) is 4.79 Å². The highest BCUT2D eigenvalue weighted by atomic mass is 35.5. The highest BCUT2D eigenvalue weighted by molar-refractivity contribution is 6.37. The number of carbonyl (C=O) groups is 1. The number of tetrazole rings is 1. The van der Waals surface area contributed by atoms with Crippen molar-refractivity contribution in [3.8, 4) is 0 Å². The third kappa shape index (κ3) is 3.30. The summed E-state index contributed by atoms with van der Waals surface area (Å²) in [7, 11) is 0. The van der Waals surface area contributed by atoms with Crippen molar-refractivity contribution in [2.75, 3.05) is 5.32 Å². The number of rotatable bonds is 4. The molecule has 2 rings (SSSR count). The molecule has 1 N–H and O–H groups in total. The molecule has 0 radical (unpaired) electrons. The summed E-state index contributed by atoms with van der Waals surface area (Å²) in [4.78, 5) is 13.2. The zero-order valence-corrected chi connectivity index (χ0v) is 11.2. The average molecular weight is 298 g/mol. The lowest BCUT2D eigenvalue weighted by molar-refractivity contribution is 0.102. The Bertz CT molecular complexity index is 625. The third-order valence-corrected chi connectivity index (χ3v) is 2.69. The first-order chi connectivity index (χ1) is 9.10. The van der Waals surface area contributed by atoms with Crippen molar-refractivity contribution in [3.63, 3.8) is 0 Å². The maximum atomic E-state index is 11.9. The second kappa shape index (κ2) is 5.81. The van der Waals surface area contributed by atoms with Crippen molar-refractivity contribution in [3.05, 3.63) is 46.5 Å². The van der Waals surface area contributed by atoms with Crippen LogP contribution in [0.5, 0.6) is 0 Å². The van der Waals surface area contributed by atoms with Gasteiger partial charge in [0.05, 0.1) is 17.1 Å². The summed E-state index contributed by atoms with van der Waals surface area (Å²) in [5, 5.41) is 14.5. The highest BCUT2D eigenvalue weighted by Gasteiger charge is 2.13. The smallest absolute Gasteiger partial charge is 0.270 e. The minimum Gasteiger partial charge on any atom is -0.288 e. The Morgan fingerprint density at radius 2 is 2.26 bits per heavy atom. The molecule has 2 aromatic rings. The van der Waals surface area contributed by atoms with Crippen LogP contribution in [0, 0.1) is 0 Å². The summed E-state index contributed by atoms with van der Waals surface area (Å²) < 4.78 is 0. The van der Waals surface area contributed by atoms with Gasteiger partial charge in [-0.25, -0.2) is 0 Å². The molecule has 1 aromatic heterocycles. The van der Waals surface area contributed by atoms with Gasteiger partial charge in [-0.2, -0.15) is 4.80 Å². The van der Waals surface area contributed by atoms with Crippen molar-refractivity contribution in [1.82, 2.24) is 20.2 Å². The molecule has 8 heteroatoms. The molecule has 0 fully saturated rings. The van der Waals surface area contributed by atoms with Gasteiger partial charge >= 0.3 is 0 Å². The maximum absolute atomic E-state index is 11.9. The number of halogens is 2. The van der Waals surface area contributed by atoms with E-state index in [-0.39, 0.29) is 16.5 Å². The van der Waals surface area contributed by atoms with Gasteiger partial charge in [-0.1, -0.05) is 34.4 Å². The van der Waals surface area contributed by atoms with E-state index < -0.39 is 5.91 Å². The summed E-state index contributed by atoms with van der Waals surface area (Å²) in [6, 6.07) is 4.58. The van der Waals surface area contributed by atoms with E-state index in [4.69, 9.17) is 23.2 Å². The molecule has 1 heterocycles. The Kier molecular flexibility index (Phi) is 4.13.